The Labute approximate surface area is 145 Å². The fourth-order valence-electron chi connectivity index (χ4n) is 3.54. The lowest BCUT2D eigenvalue weighted by atomic mass is 10.1. The third-order valence-electron chi connectivity index (χ3n) is 4.77. The van der Waals surface area contributed by atoms with Gasteiger partial charge in [0, 0.05) is 24.5 Å². The van der Waals surface area contributed by atoms with Crippen molar-refractivity contribution in [2.75, 3.05) is 13.6 Å². The largest absolute Gasteiger partial charge is 0.480 e. The number of likely N-dealkylation sites (tertiary alicyclic amines) is 1. The molecular weight excluding hydrogens is 318 g/mol. The van der Waals surface area contributed by atoms with Crippen molar-refractivity contribution in [2.45, 2.75) is 18.5 Å². The van der Waals surface area contributed by atoms with Crippen molar-refractivity contribution in [1.29, 1.82) is 0 Å². The maximum atomic E-state index is 11.4. The van der Waals surface area contributed by atoms with E-state index < -0.39 is 12.0 Å². The Morgan fingerprint density at radius 2 is 2.08 bits per heavy atom. The van der Waals surface area contributed by atoms with Crippen molar-refractivity contribution in [3.8, 4) is 22.8 Å². The zero-order chi connectivity index (χ0) is 17.4. The standard InChI is InChI=1S/C18H19N5O2/c1-22-10-13(9-14(22)18(24)25)23-11-21-15(12-5-3-2-4-6-12)16(23)17-19-7-8-20-17/h2-8,11,13-14H,9-10H2,1H3,(H,19,20)(H,24,25)/t13-,14-/m0/s1. The lowest BCUT2D eigenvalue weighted by Gasteiger charge is -2.15. The lowest BCUT2D eigenvalue weighted by molar-refractivity contribution is -0.141. The van der Waals surface area contributed by atoms with E-state index >= 15 is 0 Å². The number of aromatic nitrogens is 4. The summed E-state index contributed by atoms with van der Waals surface area (Å²) in [5.74, 6) is -0.0503. The zero-order valence-electron chi connectivity index (χ0n) is 13.8. The van der Waals surface area contributed by atoms with E-state index in [4.69, 9.17) is 0 Å². The highest BCUT2D eigenvalue weighted by atomic mass is 16.4. The van der Waals surface area contributed by atoms with Crippen LogP contribution in [0.15, 0.2) is 49.1 Å². The van der Waals surface area contributed by atoms with Crippen molar-refractivity contribution in [3.63, 3.8) is 0 Å². The first-order valence-corrected chi connectivity index (χ1v) is 8.20. The molecule has 1 fully saturated rings. The van der Waals surface area contributed by atoms with Crippen LogP contribution in [-0.2, 0) is 4.79 Å². The van der Waals surface area contributed by atoms with Gasteiger partial charge in [-0.3, -0.25) is 9.69 Å². The van der Waals surface area contributed by atoms with E-state index in [0.717, 1.165) is 22.8 Å². The molecule has 1 aromatic carbocycles. The van der Waals surface area contributed by atoms with Gasteiger partial charge in [0.15, 0.2) is 5.82 Å². The Morgan fingerprint density at radius 3 is 2.72 bits per heavy atom. The number of hydrogen-bond acceptors (Lipinski definition) is 4. The summed E-state index contributed by atoms with van der Waals surface area (Å²) in [6.45, 7) is 0.662. The summed E-state index contributed by atoms with van der Waals surface area (Å²) in [4.78, 5) is 25.5. The first kappa shape index (κ1) is 15.6. The number of nitrogens with zero attached hydrogens (tertiary/aromatic N) is 4. The topological polar surface area (TPSA) is 87.0 Å². The smallest absolute Gasteiger partial charge is 0.320 e. The minimum atomic E-state index is -0.784. The Bertz CT molecular complexity index is 872. The lowest BCUT2D eigenvalue weighted by Crippen LogP contribution is -2.32. The van der Waals surface area contributed by atoms with Gasteiger partial charge in [-0.15, -0.1) is 0 Å². The van der Waals surface area contributed by atoms with Crippen LogP contribution >= 0.6 is 0 Å². The number of hydrogen-bond donors (Lipinski definition) is 2. The summed E-state index contributed by atoms with van der Waals surface area (Å²) in [6, 6.07) is 9.51. The summed E-state index contributed by atoms with van der Waals surface area (Å²) >= 11 is 0. The Balaban J connectivity index is 1.79. The van der Waals surface area contributed by atoms with E-state index in [-0.39, 0.29) is 6.04 Å². The summed E-state index contributed by atoms with van der Waals surface area (Å²) in [6.07, 6.45) is 5.83. The van der Waals surface area contributed by atoms with Gasteiger partial charge >= 0.3 is 5.97 Å². The van der Waals surface area contributed by atoms with Gasteiger partial charge in [-0.25, -0.2) is 9.97 Å². The average Bonchev–Trinajstić information content (AvgIpc) is 3.33. The molecule has 0 spiro atoms. The Morgan fingerprint density at radius 1 is 1.28 bits per heavy atom. The molecule has 0 amide bonds. The molecule has 0 radical (unpaired) electrons. The normalized spacial score (nSPS) is 20.8. The van der Waals surface area contributed by atoms with E-state index in [0.29, 0.717) is 13.0 Å². The molecule has 2 aromatic heterocycles. The van der Waals surface area contributed by atoms with Crippen molar-refractivity contribution in [1.82, 2.24) is 24.4 Å². The van der Waals surface area contributed by atoms with Gasteiger partial charge in [-0.05, 0) is 13.5 Å². The van der Waals surface area contributed by atoms with Crippen LogP contribution in [0.3, 0.4) is 0 Å². The summed E-state index contributed by atoms with van der Waals surface area (Å²) in [7, 11) is 1.85. The van der Waals surface area contributed by atoms with Gasteiger partial charge in [0.05, 0.1) is 18.1 Å². The fourth-order valence-corrected chi connectivity index (χ4v) is 3.54. The monoisotopic (exact) mass is 337 g/mol. The highest BCUT2D eigenvalue weighted by molar-refractivity contribution is 5.76. The molecule has 0 aliphatic carbocycles. The molecule has 3 heterocycles. The number of nitrogens with one attached hydrogen (secondary N) is 1. The van der Waals surface area contributed by atoms with Crippen molar-refractivity contribution in [3.05, 3.63) is 49.1 Å². The van der Waals surface area contributed by atoms with Crippen LogP contribution in [0.4, 0.5) is 0 Å². The van der Waals surface area contributed by atoms with Crippen molar-refractivity contribution >= 4 is 5.97 Å². The number of carbonyl (C=O) groups is 1. The van der Waals surface area contributed by atoms with Crippen LogP contribution < -0.4 is 0 Å². The van der Waals surface area contributed by atoms with Crippen LogP contribution in [0.2, 0.25) is 0 Å². The zero-order valence-corrected chi connectivity index (χ0v) is 13.8. The van der Waals surface area contributed by atoms with Gasteiger partial charge in [0.25, 0.3) is 0 Å². The van der Waals surface area contributed by atoms with Crippen LogP contribution in [-0.4, -0.2) is 55.1 Å². The quantitative estimate of drug-likeness (QED) is 0.762. The molecule has 7 nitrogen and oxygen atoms in total. The van der Waals surface area contributed by atoms with Crippen LogP contribution in [0.1, 0.15) is 12.5 Å². The number of aliphatic carboxylic acids is 1. The van der Waals surface area contributed by atoms with E-state index in [2.05, 4.69) is 19.5 Å². The van der Waals surface area contributed by atoms with Crippen LogP contribution in [0.25, 0.3) is 22.8 Å². The van der Waals surface area contributed by atoms with Gasteiger partial charge in [0.1, 0.15) is 11.7 Å². The number of H-pyrrole nitrogens is 1. The average molecular weight is 337 g/mol. The number of carboxylic acids is 1. The van der Waals surface area contributed by atoms with E-state index in [9.17, 15) is 9.90 Å². The van der Waals surface area contributed by atoms with Crippen molar-refractivity contribution < 1.29 is 9.90 Å². The first-order valence-electron chi connectivity index (χ1n) is 8.20. The molecular formula is C18H19N5O2. The molecule has 0 unspecified atom stereocenters. The minimum Gasteiger partial charge on any atom is -0.480 e. The minimum absolute atomic E-state index is 0.0381. The highest BCUT2D eigenvalue weighted by Crippen LogP contribution is 2.35. The Kier molecular flexibility index (Phi) is 3.85. The predicted octanol–water partition coefficient (Wildman–Crippen LogP) is 2.27. The number of benzene rings is 1. The number of imidazole rings is 2. The second kappa shape index (κ2) is 6.18. The molecule has 4 rings (SSSR count). The SMILES string of the molecule is CN1C[C@@H](n2cnc(-c3ccccc3)c2-c2ncc[nH]2)C[C@H]1C(=O)O. The van der Waals surface area contributed by atoms with Gasteiger partial charge in [-0.2, -0.15) is 0 Å². The second-order valence-corrected chi connectivity index (χ2v) is 6.34. The highest BCUT2D eigenvalue weighted by Gasteiger charge is 2.36. The number of likely N-dealkylation sites (N-methyl/N-ethyl adjacent to an activating group) is 1. The maximum Gasteiger partial charge on any atom is 0.320 e. The molecule has 1 aliphatic rings. The maximum absolute atomic E-state index is 11.4. The fraction of sp³-hybridized carbons (Fsp3) is 0.278. The molecule has 7 heteroatoms. The molecule has 1 saturated heterocycles. The van der Waals surface area contributed by atoms with Gasteiger partial charge in [-0.1, -0.05) is 30.3 Å². The van der Waals surface area contributed by atoms with Crippen LogP contribution in [0.5, 0.6) is 0 Å². The first-order chi connectivity index (χ1) is 12.1. The molecule has 1 aliphatic heterocycles. The van der Waals surface area contributed by atoms with E-state index in [1.165, 1.54) is 0 Å². The number of aromatic amines is 1. The third kappa shape index (κ3) is 2.72. The second-order valence-electron chi connectivity index (χ2n) is 6.34. The van der Waals surface area contributed by atoms with Crippen LogP contribution in [0, 0.1) is 0 Å². The van der Waals surface area contributed by atoms with Gasteiger partial charge in [0.2, 0.25) is 0 Å². The third-order valence-corrected chi connectivity index (χ3v) is 4.77. The number of rotatable bonds is 4. The van der Waals surface area contributed by atoms with Crippen molar-refractivity contribution in [2.24, 2.45) is 0 Å². The summed E-state index contributed by atoms with van der Waals surface area (Å²) < 4.78 is 2.06. The van der Waals surface area contributed by atoms with E-state index in [1.54, 1.807) is 18.7 Å². The number of carboxylic acid groups (broad SMARTS) is 1. The molecule has 2 atom stereocenters. The molecule has 3 aromatic rings. The Hall–Kier alpha value is -2.93. The molecule has 0 saturated carbocycles. The summed E-state index contributed by atoms with van der Waals surface area (Å²) in [5, 5.41) is 9.40. The molecule has 25 heavy (non-hydrogen) atoms. The van der Waals surface area contributed by atoms with Gasteiger partial charge < -0.3 is 14.7 Å². The molecule has 0 bridgehead atoms. The predicted molar refractivity (Wildman–Crippen MR) is 93.0 cm³/mol. The molecule has 2 N–H and O–H groups in total. The molecule has 128 valence electrons. The summed E-state index contributed by atoms with van der Waals surface area (Å²) in [5.41, 5.74) is 2.74. The van der Waals surface area contributed by atoms with E-state index in [1.807, 2.05) is 42.3 Å².